The van der Waals surface area contributed by atoms with E-state index in [4.69, 9.17) is 4.74 Å². The Bertz CT molecular complexity index is 895. The fourth-order valence-electron chi connectivity index (χ4n) is 2.44. The number of pyridine rings is 1. The Kier molecular flexibility index (Phi) is 4.42. The van der Waals surface area contributed by atoms with Crippen molar-refractivity contribution in [2.75, 3.05) is 5.32 Å². The van der Waals surface area contributed by atoms with Crippen LogP contribution in [0.4, 0.5) is 10.1 Å². The van der Waals surface area contributed by atoms with Crippen molar-refractivity contribution in [3.63, 3.8) is 0 Å². The molecule has 0 radical (unpaired) electrons. The van der Waals surface area contributed by atoms with Crippen molar-refractivity contribution < 1.29 is 13.9 Å². The highest BCUT2D eigenvalue weighted by atomic mass is 19.1. The molecule has 122 valence electrons. The summed E-state index contributed by atoms with van der Waals surface area (Å²) >= 11 is 0. The molecule has 1 heterocycles. The molecule has 0 unspecified atom stereocenters. The number of nitrogens with zero attached hydrogens (tertiary/aromatic N) is 1. The van der Waals surface area contributed by atoms with Crippen LogP contribution in [-0.2, 0) is 4.79 Å². The normalized spacial score (nSPS) is 12.0. The lowest BCUT2D eigenvalue weighted by molar-refractivity contribution is -0.122. The largest absolute Gasteiger partial charge is 0.478 e. The van der Waals surface area contributed by atoms with Gasteiger partial charge in [0, 0.05) is 11.6 Å². The Morgan fingerprint density at radius 3 is 2.75 bits per heavy atom. The molecule has 1 N–H and O–H groups in total. The second kappa shape index (κ2) is 6.66. The topological polar surface area (TPSA) is 51.2 Å². The number of anilines is 1. The van der Waals surface area contributed by atoms with Gasteiger partial charge >= 0.3 is 0 Å². The summed E-state index contributed by atoms with van der Waals surface area (Å²) in [6.45, 7) is 3.54. The van der Waals surface area contributed by atoms with Gasteiger partial charge in [-0.1, -0.05) is 18.2 Å². The minimum Gasteiger partial charge on any atom is -0.478 e. The van der Waals surface area contributed by atoms with Gasteiger partial charge in [0.15, 0.2) is 17.7 Å². The fraction of sp³-hybridized carbons (Fsp3) is 0.158. The van der Waals surface area contributed by atoms with E-state index < -0.39 is 11.9 Å². The Morgan fingerprint density at radius 1 is 1.17 bits per heavy atom. The van der Waals surface area contributed by atoms with Crippen molar-refractivity contribution in [2.45, 2.75) is 20.0 Å². The standard InChI is InChI=1S/C19H17FN2O2/c1-12-9-10-16(14-6-5-11-21-18(12)14)22-19(23)13(2)24-17-8-4-3-7-15(17)20/h3-11,13H,1-2H3,(H,22,23)/t13-/m1/s1. The summed E-state index contributed by atoms with van der Waals surface area (Å²) in [6, 6.07) is 13.4. The molecule has 0 spiro atoms. The molecular weight excluding hydrogens is 307 g/mol. The zero-order chi connectivity index (χ0) is 17.1. The minimum atomic E-state index is -0.838. The van der Waals surface area contributed by atoms with Crippen LogP contribution in [0.2, 0.25) is 0 Å². The van der Waals surface area contributed by atoms with Gasteiger partial charge in [-0.15, -0.1) is 0 Å². The third-order valence-corrected chi connectivity index (χ3v) is 3.74. The number of nitrogens with one attached hydrogen (secondary N) is 1. The maximum absolute atomic E-state index is 13.6. The lowest BCUT2D eigenvalue weighted by Gasteiger charge is -2.16. The third kappa shape index (κ3) is 3.20. The zero-order valence-corrected chi connectivity index (χ0v) is 13.4. The fourth-order valence-corrected chi connectivity index (χ4v) is 2.44. The Hall–Kier alpha value is -2.95. The number of rotatable bonds is 4. The van der Waals surface area contributed by atoms with Crippen LogP contribution in [-0.4, -0.2) is 17.0 Å². The van der Waals surface area contributed by atoms with E-state index in [-0.39, 0.29) is 11.7 Å². The lowest BCUT2D eigenvalue weighted by Crippen LogP contribution is -2.30. The van der Waals surface area contributed by atoms with Crippen molar-refractivity contribution in [3.8, 4) is 5.75 Å². The Morgan fingerprint density at radius 2 is 1.96 bits per heavy atom. The molecule has 0 aliphatic rings. The van der Waals surface area contributed by atoms with Crippen LogP contribution in [0.5, 0.6) is 5.75 Å². The quantitative estimate of drug-likeness (QED) is 0.786. The second-order valence-electron chi connectivity index (χ2n) is 5.51. The highest BCUT2D eigenvalue weighted by molar-refractivity contribution is 6.03. The smallest absolute Gasteiger partial charge is 0.265 e. The maximum Gasteiger partial charge on any atom is 0.265 e. The molecule has 1 amide bonds. The molecular formula is C19H17FN2O2. The summed E-state index contributed by atoms with van der Waals surface area (Å²) in [5.74, 6) is -0.801. The maximum atomic E-state index is 13.6. The van der Waals surface area contributed by atoms with Gasteiger partial charge in [0.2, 0.25) is 0 Å². The highest BCUT2D eigenvalue weighted by Gasteiger charge is 2.17. The van der Waals surface area contributed by atoms with E-state index in [9.17, 15) is 9.18 Å². The predicted molar refractivity (Wildman–Crippen MR) is 91.6 cm³/mol. The average molecular weight is 324 g/mol. The van der Waals surface area contributed by atoms with E-state index in [0.717, 1.165) is 16.5 Å². The molecule has 0 aliphatic heterocycles. The summed E-state index contributed by atoms with van der Waals surface area (Å²) in [5.41, 5.74) is 2.51. The first-order chi connectivity index (χ1) is 11.6. The monoisotopic (exact) mass is 324 g/mol. The van der Waals surface area contributed by atoms with Gasteiger partial charge in [-0.25, -0.2) is 4.39 Å². The summed E-state index contributed by atoms with van der Waals surface area (Å²) in [4.78, 5) is 16.7. The number of hydrogen-bond donors (Lipinski definition) is 1. The number of ether oxygens (including phenoxy) is 1. The van der Waals surface area contributed by atoms with E-state index in [1.165, 1.54) is 12.1 Å². The van der Waals surface area contributed by atoms with E-state index in [2.05, 4.69) is 10.3 Å². The SMILES string of the molecule is Cc1ccc(NC(=O)[C@@H](C)Oc2ccccc2F)c2cccnc12. The summed E-state index contributed by atoms with van der Waals surface area (Å²) in [7, 11) is 0. The molecule has 5 heteroatoms. The van der Waals surface area contributed by atoms with Crippen molar-refractivity contribution in [1.82, 2.24) is 4.98 Å². The summed E-state index contributed by atoms with van der Waals surface area (Å²) in [5, 5.41) is 3.68. The van der Waals surface area contributed by atoms with Crippen molar-refractivity contribution in [2.24, 2.45) is 0 Å². The number of halogens is 1. The molecule has 3 aromatic rings. The molecule has 0 bridgehead atoms. The van der Waals surface area contributed by atoms with Crippen LogP contribution < -0.4 is 10.1 Å². The first kappa shape index (κ1) is 15.9. The molecule has 0 aliphatic carbocycles. The van der Waals surface area contributed by atoms with Crippen LogP contribution in [0.25, 0.3) is 10.9 Å². The Balaban J connectivity index is 1.80. The van der Waals surface area contributed by atoms with Gasteiger partial charge in [0.1, 0.15) is 0 Å². The Labute approximate surface area is 139 Å². The van der Waals surface area contributed by atoms with E-state index in [1.54, 1.807) is 25.3 Å². The number of aromatic nitrogens is 1. The van der Waals surface area contributed by atoms with Crippen molar-refractivity contribution in [1.29, 1.82) is 0 Å². The molecule has 24 heavy (non-hydrogen) atoms. The molecule has 2 aromatic carbocycles. The third-order valence-electron chi connectivity index (χ3n) is 3.74. The van der Waals surface area contributed by atoms with Crippen LogP contribution in [0.3, 0.4) is 0 Å². The van der Waals surface area contributed by atoms with Gasteiger partial charge in [-0.2, -0.15) is 0 Å². The van der Waals surface area contributed by atoms with Gasteiger partial charge in [-0.05, 0) is 49.7 Å². The number of fused-ring (bicyclic) bond motifs is 1. The van der Waals surface area contributed by atoms with Gasteiger partial charge in [0.05, 0.1) is 11.2 Å². The average Bonchev–Trinajstić information content (AvgIpc) is 2.59. The lowest BCUT2D eigenvalue weighted by atomic mass is 10.1. The van der Waals surface area contributed by atoms with Crippen LogP contribution >= 0.6 is 0 Å². The number of aryl methyl sites for hydroxylation is 1. The molecule has 1 aromatic heterocycles. The van der Waals surface area contributed by atoms with Gasteiger partial charge in [-0.3, -0.25) is 9.78 Å². The van der Waals surface area contributed by atoms with Gasteiger partial charge < -0.3 is 10.1 Å². The number of carbonyl (C=O) groups is 1. The van der Waals surface area contributed by atoms with E-state index in [1.807, 2.05) is 31.2 Å². The highest BCUT2D eigenvalue weighted by Crippen LogP contribution is 2.25. The summed E-state index contributed by atoms with van der Waals surface area (Å²) in [6.07, 6.45) is 0.875. The van der Waals surface area contributed by atoms with Crippen molar-refractivity contribution in [3.05, 3.63) is 66.1 Å². The molecule has 0 saturated carbocycles. The number of para-hydroxylation sites is 1. The number of hydrogen-bond acceptors (Lipinski definition) is 3. The molecule has 4 nitrogen and oxygen atoms in total. The first-order valence-corrected chi connectivity index (χ1v) is 7.62. The molecule has 3 rings (SSSR count). The number of carbonyl (C=O) groups excluding carboxylic acids is 1. The van der Waals surface area contributed by atoms with E-state index in [0.29, 0.717) is 5.69 Å². The molecule has 0 fully saturated rings. The first-order valence-electron chi connectivity index (χ1n) is 7.62. The van der Waals surface area contributed by atoms with Gasteiger partial charge in [0.25, 0.3) is 5.91 Å². The molecule has 0 saturated heterocycles. The summed E-state index contributed by atoms with van der Waals surface area (Å²) < 4.78 is 19.0. The second-order valence-corrected chi connectivity index (χ2v) is 5.51. The number of benzene rings is 2. The van der Waals surface area contributed by atoms with Crippen LogP contribution in [0.15, 0.2) is 54.7 Å². The zero-order valence-electron chi connectivity index (χ0n) is 13.4. The van der Waals surface area contributed by atoms with Crippen molar-refractivity contribution >= 4 is 22.5 Å². The van der Waals surface area contributed by atoms with E-state index >= 15 is 0 Å². The number of amides is 1. The predicted octanol–water partition coefficient (Wildman–Crippen LogP) is 4.09. The van der Waals surface area contributed by atoms with Crippen LogP contribution in [0.1, 0.15) is 12.5 Å². The minimum absolute atomic E-state index is 0.0515. The van der Waals surface area contributed by atoms with Crippen LogP contribution in [0, 0.1) is 12.7 Å². The molecule has 1 atom stereocenters.